The summed E-state index contributed by atoms with van der Waals surface area (Å²) in [6.07, 6.45) is 2.03. The number of aryl methyl sites for hydroxylation is 1. The van der Waals surface area contributed by atoms with E-state index in [4.69, 9.17) is 9.47 Å². The van der Waals surface area contributed by atoms with Gasteiger partial charge in [0.15, 0.2) is 11.5 Å². The maximum Gasteiger partial charge on any atom is 0.254 e. The molecule has 2 aromatic rings. The summed E-state index contributed by atoms with van der Waals surface area (Å²) < 4.78 is 10.6. The van der Waals surface area contributed by atoms with Gasteiger partial charge in [0.2, 0.25) is 0 Å². The van der Waals surface area contributed by atoms with Crippen LogP contribution in [0.3, 0.4) is 0 Å². The van der Waals surface area contributed by atoms with Gasteiger partial charge in [0.25, 0.3) is 5.91 Å². The van der Waals surface area contributed by atoms with Crippen molar-refractivity contribution in [3.63, 3.8) is 0 Å². The number of carbonyl (C=O) groups excluding carboxylic acids is 1. The van der Waals surface area contributed by atoms with E-state index in [0.29, 0.717) is 17.1 Å². The SMILES string of the molecule is COc1ccc(C(=O)N2CCCC2c2cccc(C)c2)cc1OC. The van der Waals surface area contributed by atoms with Crippen LogP contribution in [0.4, 0.5) is 0 Å². The highest BCUT2D eigenvalue weighted by Crippen LogP contribution is 2.35. The first-order chi connectivity index (χ1) is 11.6. The van der Waals surface area contributed by atoms with Gasteiger partial charge in [-0.2, -0.15) is 0 Å². The van der Waals surface area contributed by atoms with Gasteiger partial charge in [-0.15, -0.1) is 0 Å². The summed E-state index contributed by atoms with van der Waals surface area (Å²) in [6.45, 7) is 2.87. The molecule has 1 atom stereocenters. The molecule has 1 aliphatic heterocycles. The minimum absolute atomic E-state index is 0.0416. The first kappa shape index (κ1) is 16.4. The fourth-order valence-corrected chi connectivity index (χ4v) is 3.37. The Hall–Kier alpha value is -2.49. The molecule has 24 heavy (non-hydrogen) atoms. The van der Waals surface area contributed by atoms with Crippen molar-refractivity contribution in [2.75, 3.05) is 20.8 Å². The molecule has 4 nitrogen and oxygen atoms in total. The maximum absolute atomic E-state index is 13.0. The molecule has 0 aromatic heterocycles. The van der Waals surface area contributed by atoms with E-state index in [2.05, 4.69) is 31.2 Å². The zero-order chi connectivity index (χ0) is 17.1. The smallest absolute Gasteiger partial charge is 0.254 e. The van der Waals surface area contributed by atoms with Crippen molar-refractivity contribution in [2.45, 2.75) is 25.8 Å². The Labute approximate surface area is 143 Å². The highest BCUT2D eigenvalue weighted by atomic mass is 16.5. The summed E-state index contributed by atoms with van der Waals surface area (Å²) in [6, 6.07) is 13.9. The van der Waals surface area contributed by atoms with Gasteiger partial charge in [-0.25, -0.2) is 0 Å². The Morgan fingerprint density at radius 2 is 1.88 bits per heavy atom. The normalized spacial score (nSPS) is 17.0. The summed E-state index contributed by atoms with van der Waals surface area (Å²) in [7, 11) is 3.17. The molecule has 2 aromatic carbocycles. The minimum atomic E-state index is 0.0416. The van der Waals surface area contributed by atoms with Gasteiger partial charge in [0, 0.05) is 12.1 Å². The Morgan fingerprint density at radius 1 is 1.08 bits per heavy atom. The van der Waals surface area contributed by atoms with Crippen LogP contribution >= 0.6 is 0 Å². The summed E-state index contributed by atoms with van der Waals surface area (Å²) in [5.41, 5.74) is 3.06. The molecule has 0 N–H and O–H groups in total. The fourth-order valence-electron chi connectivity index (χ4n) is 3.37. The van der Waals surface area contributed by atoms with Crippen molar-refractivity contribution < 1.29 is 14.3 Å². The molecular formula is C20H23NO3. The number of nitrogens with zero attached hydrogens (tertiary/aromatic N) is 1. The van der Waals surface area contributed by atoms with Gasteiger partial charge in [-0.3, -0.25) is 4.79 Å². The van der Waals surface area contributed by atoms with E-state index >= 15 is 0 Å². The minimum Gasteiger partial charge on any atom is -0.493 e. The topological polar surface area (TPSA) is 38.8 Å². The van der Waals surface area contributed by atoms with E-state index in [1.54, 1.807) is 32.4 Å². The summed E-state index contributed by atoms with van der Waals surface area (Å²) in [4.78, 5) is 15.0. The molecule has 1 heterocycles. The van der Waals surface area contributed by atoms with Gasteiger partial charge in [0.05, 0.1) is 20.3 Å². The first-order valence-corrected chi connectivity index (χ1v) is 8.23. The lowest BCUT2D eigenvalue weighted by Gasteiger charge is -2.25. The average Bonchev–Trinajstić information content (AvgIpc) is 3.10. The molecule has 1 amide bonds. The van der Waals surface area contributed by atoms with Crippen molar-refractivity contribution in [3.05, 3.63) is 59.2 Å². The van der Waals surface area contributed by atoms with E-state index in [1.165, 1.54) is 11.1 Å². The molecule has 4 heteroatoms. The molecule has 0 saturated carbocycles. The van der Waals surface area contributed by atoms with Gasteiger partial charge < -0.3 is 14.4 Å². The second-order valence-electron chi connectivity index (χ2n) is 6.14. The maximum atomic E-state index is 13.0. The third-order valence-corrected chi connectivity index (χ3v) is 4.57. The van der Waals surface area contributed by atoms with E-state index in [1.807, 2.05) is 4.90 Å². The number of rotatable bonds is 4. The van der Waals surface area contributed by atoms with E-state index in [-0.39, 0.29) is 11.9 Å². The van der Waals surface area contributed by atoms with Crippen LogP contribution in [0.1, 0.15) is 40.4 Å². The molecule has 1 aliphatic rings. The largest absolute Gasteiger partial charge is 0.493 e. The number of likely N-dealkylation sites (tertiary alicyclic amines) is 1. The quantitative estimate of drug-likeness (QED) is 0.853. The Balaban J connectivity index is 1.88. The molecule has 126 valence electrons. The number of ether oxygens (including phenoxy) is 2. The zero-order valence-electron chi connectivity index (χ0n) is 14.4. The standard InChI is InChI=1S/C20H23NO3/c1-14-6-4-7-15(12-14)17-8-5-11-21(17)20(22)16-9-10-18(23-2)19(13-16)24-3/h4,6-7,9-10,12-13,17H,5,8,11H2,1-3H3. The van der Waals surface area contributed by atoms with Gasteiger partial charge in [-0.1, -0.05) is 29.8 Å². The predicted molar refractivity (Wildman–Crippen MR) is 93.7 cm³/mol. The van der Waals surface area contributed by atoms with Crippen LogP contribution in [0.5, 0.6) is 11.5 Å². The van der Waals surface area contributed by atoms with Crippen LogP contribution in [0, 0.1) is 6.92 Å². The summed E-state index contributed by atoms with van der Waals surface area (Å²) in [5.74, 6) is 1.25. The number of methoxy groups -OCH3 is 2. The Bertz CT molecular complexity index is 741. The molecule has 0 spiro atoms. The van der Waals surface area contributed by atoms with Crippen molar-refractivity contribution in [1.82, 2.24) is 4.90 Å². The lowest BCUT2D eigenvalue weighted by Crippen LogP contribution is -2.30. The van der Waals surface area contributed by atoms with Crippen LogP contribution < -0.4 is 9.47 Å². The van der Waals surface area contributed by atoms with Crippen molar-refractivity contribution in [3.8, 4) is 11.5 Å². The van der Waals surface area contributed by atoms with Gasteiger partial charge in [-0.05, 0) is 43.5 Å². The van der Waals surface area contributed by atoms with Gasteiger partial charge >= 0.3 is 0 Å². The molecule has 1 saturated heterocycles. The number of benzene rings is 2. The van der Waals surface area contributed by atoms with E-state index in [0.717, 1.165) is 19.4 Å². The number of carbonyl (C=O) groups is 1. The summed E-state index contributed by atoms with van der Waals surface area (Å²) in [5, 5.41) is 0. The van der Waals surface area contributed by atoms with Crippen LogP contribution in [0.2, 0.25) is 0 Å². The Morgan fingerprint density at radius 3 is 2.58 bits per heavy atom. The highest BCUT2D eigenvalue weighted by Gasteiger charge is 2.31. The fraction of sp³-hybridized carbons (Fsp3) is 0.350. The summed E-state index contributed by atoms with van der Waals surface area (Å²) >= 11 is 0. The van der Waals surface area contributed by atoms with Crippen LogP contribution in [-0.4, -0.2) is 31.6 Å². The number of amides is 1. The van der Waals surface area contributed by atoms with Crippen LogP contribution in [0.15, 0.2) is 42.5 Å². The van der Waals surface area contributed by atoms with E-state index < -0.39 is 0 Å². The van der Waals surface area contributed by atoms with Gasteiger partial charge in [0.1, 0.15) is 0 Å². The van der Waals surface area contributed by atoms with E-state index in [9.17, 15) is 4.79 Å². The van der Waals surface area contributed by atoms with Crippen molar-refractivity contribution >= 4 is 5.91 Å². The lowest BCUT2D eigenvalue weighted by atomic mass is 10.0. The lowest BCUT2D eigenvalue weighted by molar-refractivity contribution is 0.0735. The highest BCUT2D eigenvalue weighted by molar-refractivity contribution is 5.95. The monoisotopic (exact) mass is 325 g/mol. The molecule has 3 rings (SSSR count). The third-order valence-electron chi connectivity index (χ3n) is 4.57. The molecule has 1 unspecified atom stereocenters. The Kier molecular flexibility index (Phi) is 4.74. The average molecular weight is 325 g/mol. The van der Waals surface area contributed by atoms with Crippen molar-refractivity contribution in [1.29, 1.82) is 0 Å². The molecule has 0 bridgehead atoms. The predicted octanol–water partition coefficient (Wildman–Crippen LogP) is 3.99. The van der Waals surface area contributed by atoms with Crippen LogP contribution in [-0.2, 0) is 0 Å². The molecular weight excluding hydrogens is 302 g/mol. The van der Waals surface area contributed by atoms with Crippen LogP contribution in [0.25, 0.3) is 0 Å². The first-order valence-electron chi connectivity index (χ1n) is 8.23. The molecule has 0 aliphatic carbocycles. The second kappa shape index (κ2) is 6.95. The van der Waals surface area contributed by atoms with Crippen molar-refractivity contribution in [2.24, 2.45) is 0 Å². The second-order valence-corrected chi connectivity index (χ2v) is 6.14. The number of hydrogen-bond donors (Lipinski definition) is 0. The zero-order valence-corrected chi connectivity index (χ0v) is 14.4. The third kappa shape index (κ3) is 3.09. The number of hydrogen-bond acceptors (Lipinski definition) is 3. The molecule has 1 fully saturated rings. The molecule has 0 radical (unpaired) electrons.